The summed E-state index contributed by atoms with van der Waals surface area (Å²) in [7, 11) is -3.75. The maximum absolute atomic E-state index is 13.4. The van der Waals surface area contributed by atoms with Crippen LogP contribution >= 0.6 is 12.2 Å². The van der Waals surface area contributed by atoms with E-state index in [2.05, 4.69) is 34.9 Å². The number of hydrogen-bond acceptors (Lipinski definition) is 5. The molecule has 3 aromatic carbocycles. The number of rotatable bonds is 12. The summed E-state index contributed by atoms with van der Waals surface area (Å²) in [5.74, 6) is -1.93. The van der Waals surface area contributed by atoms with Gasteiger partial charge in [0.05, 0.1) is 22.6 Å². The second-order valence-corrected chi connectivity index (χ2v) is 14.0. The number of thiocarbonyl (C=S) groups is 1. The highest BCUT2D eigenvalue weighted by molar-refractivity contribution is 7.91. The van der Waals surface area contributed by atoms with Gasteiger partial charge in [-0.05, 0) is 82.3 Å². The third-order valence-electron chi connectivity index (χ3n) is 6.77. The molecule has 0 aliphatic heterocycles. The molecule has 2 N–H and O–H groups in total. The fourth-order valence-corrected chi connectivity index (χ4v) is 6.33. The Balaban J connectivity index is 1.69. The first-order chi connectivity index (χ1) is 18.7. The Labute approximate surface area is 243 Å². The average Bonchev–Trinajstić information content (AvgIpc) is 2.88. The molecular weight excluding hydrogens is 540 g/mol. The lowest BCUT2D eigenvalue weighted by atomic mass is 9.98. The van der Waals surface area contributed by atoms with Crippen LogP contribution in [0.15, 0.2) is 71.6 Å². The molecule has 0 saturated carbocycles. The largest absolute Gasteiger partial charge is 0.352 e. The number of fused-ring (bicyclic) bond motifs is 1. The number of nitrogens with one attached hydrogen (secondary N) is 2. The van der Waals surface area contributed by atoms with Crippen molar-refractivity contribution in [2.45, 2.75) is 76.8 Å². The Bertz CT molecular complexity index is 1450. The molecule has 214 valence electrons. The molecule has 40 heavy (non-hydrogen) atoms. The zero-order valence-corrected chi connectivity index (χ0v) is 25.6. The van der Waals surface area contributed by atoms with E-state index in [9.17, 15) is 18.0 Å². The van der Waals surface area contributed by atoms with Gasteiger partial charge < -0.3 is 10.6 Å². The minimum absolute atomic E-state index is 0.0404. The van der Waals surface area contributed by atoms with Crippen LogP contribution in [0.25, 0.3) is 10.8 Å². The van der Waals surface area contributed by atoms with E-state index in [0.717, 1.165) is 12.0 Å². The summed E-state index contributed by atoms with van der Waals surface area (Å²) in [6.07, 6.45) is 1.48. The summed E-state index contributed by atoms with van der Waals surface area (Å²) in [5, 5.41) is 8.16. The van der Waals surface area contributed by atoms with Gasteiger partial charge in [-0.1, -0.05) is 72.4 Å². The molecule has 8 heteroatoms. The normalized spacial score (nSPS) is 13.4. The van der Waals surface area contributed by atoms with E-state index in [1.807, 2.05) is 52.8 Å². The molecule has 0 bridgehead atoms. The van der Waals surface area contributed by atoms with Gasteiger partial charge in [-0.15, -0.1) is 0 Å². The molecule has 0 spiro atoms. The van der Waals surface area contributed by atoms with Crippen LogP contribution in [0.4, 0.5) is 0 Å². The lowest BCUT2D eigenvalue weighted by Gasteiger charge is -2.23. The van der Waals surface area contributed by atoms with Gasteiger partial charge in [0.2, 0.25) is 11.8 Å². The zero-order chi connectivity index (χ0) is 29.5. The number of hydrogen-bond donors (Lipinski definition) is 2. The van der Waals surface area contributed by atoms with Gasteiger partial charge in [0.1, 0.15) is 0 Å². The summed E-state index contributed by atoms with van der Waals surface area (Å²) in [6, 6.07) is 20.5. The first kappa shape index (κ1) is 31.4. The SMILES string of the molecule is Cc1ccc(S(=O)(=O)C[C@@H](CCC(=O)NC(C)(C)C)C(=O)N[C@@H](C)C(=S)CCc2cccc3ccccc23)cc1. The fraction of sp³-hybridized carbons (Fsp3) is 0.406. The highest BCUT2D eigenvalue weighted by Crippen LogP contribution is 2.21. The highest BCUT2D eigenvalue weighted by atomic mass is 32.2. The second kappa shape index (κ2) is 13.5. The maximum atomic E-state index is 13.4. The third-order valence-corrected chi connectivity index (χ3v) is 9.16. The van der Waals surface area contributed by atoms with Crippen LogP contribution in [0.5, 0.6) is 0 Å². The number of carbonyl (C=O) groups excluding carboxylic acids is 2. The van der Waals surface area contributed by atoms with Crippen LogP contribution in [-0.2, 0) is 25.8 Å². The number of amides is 2. The Morgan fingerprint density at radius 3 is 2.25 bits per heavy atom. The Hall–Kier alpha value is -3.10. The van der Waals surface area contributed by atoms with E-state index >= 15 is 0 Å². The predicted molar refractivity (Wildman–Crippen MR) is 166 cm³/mol. The maximum Gasteiger partial charge on any atom is 0.224 e. The Morgan fingerprint density at radius 1 is 0.925 bits per heavy atom. The summed E-state index contributed by atoms with van der Waals surface area (Å²) < 4.78 is 26.4. The molecule has 0 aliphatic carbocycles. The minimum atomic E-state index is -3.75. The van der Waals surface area contributed by atoms with E-state index in [1.165, 1.54) is 16.3 Å². The van der Waals surface area contributed by atoms with Crippen LogP contribution in [0, 0.1) is 12.8 Å². The average molecular weight is 581 g/mol. The van der Waals surface area contributed by atoms with Crippen LogP contribution in [0.2, 0.25) is 0 Å². The van der Waals surface area contributed by atoms with Crippen molar-refractivity contribution in [1.29, 1.82) is 0 Å². The number of carbonyl (C=O) groups is 2. The molecule has 6 nitrogen and oxygen atoms in total. The van der Waals surface area contributed by atoms with Gasteiger partial charge >= 0.3 is 0 Å². The minimum Gasteiger partial charge on any atom is -0.352 e. The van der Waals surface area contributed by atoms with Crippen LogP contribution in [-0.4, -0.2) is 42.4 Å². The molecule has 2 atom stereocenters. The summed E-state index contributed by atoms with van der Waals surface area (Å²) >= 11 is 5.67. The third kappa shape index (κ3) is 9.24. The lowest BCUT2D eigenvalue weighted by molar-refractivity contribution is -0.125. The highest BCUT2D eigenvalue weighted by Gasteiger charge is 2.29. The first-order valence-corrected chi connectivity index (χ1v) is 15.7. The van der Waals surface area contributed by atoms with E-state index < -0.39 is 33.2 Å². The van der Waals surface area contributed by atoms with Crippen LogP contribution < -0.4 is 10.6 Å². The molecule has 2 amide bonds. The molecule has 0 fully saturated rings. The number of sulfone groups is 1. The fourth-order valence-electron chi connectivity index (χ4n) is 4.58. The van der Waals surface area contributed by atoms with Gasteiger partial charge in [0, 0.05) is 16.8 Å². The first-order valence-electron chi connectivity index (χ1n) is 13.7. The van der Waals surface area contributed by atoms with Crippen molar-refractivity contribution in [3.8, 4) is 0 Å². The van der Waals surface area contributed by atoms with Gasteiger partial charge in [-0.2, -0.15) is 0 Å². The van der Waals surface area contributed by atoms with Crippen LogP contribution in [0.1, 0.15) is 58.1 Å². The number of aryl methyl sites for hydroxylation is 2. The van der Waals surface area contributed by atoms with Crippen molar-refractivity contribution in [2.75, 3.05) is 5.75 Å². The lowest BCUT2D eigenvalue weighted by Crippen LogP contribution is -2.44. The van der Waals surface area contributed by atoms with Crippen molar-refractivity contribution >= 4 is 49.5 Å². The topological polar surface area (TPSA) is 92.3 Å². The van der Waals surface area contributed by atoms with E-state index in [1.54, 1.807) is 24.3 Å². The van der Waals surface area contributed by atoms with Crippen molar-refractivity contribution < 1.29 is 18.0 Å². The zero-order valence-electron chi connectivity index (χ0n) is 24.0. The molecule has 3 rings (SSSR count). The summed E-state index contributed by atoms with van der Waals surface area (Å²) in [6.45, 7) is 9.32. The number of benzene rings is 3. The quantitative estimate of drug-likeness (QED) is 0.267. The smallest absolute Gasteiger partial charge is 0.224 e. The van der Waals surface area contributed by atoms with Crippen molar-refractivity contribution in [3.05, 3.63) is 77.9 Å². The Kier molecular flexibility index (Phi) is 10.6. The molecule has 3 aromatic rings. The monoisotopic (exact) mass is 580 g/mol. The molecule has 0 unspecified atom stereocenters. The predicted octanol–water partition coefficient (Wildman–Crippen LogP) is 5.74. The van der Waals surface area contributed by atoms with Crippen LogP contribution in [0.3, 0.4) is 0 Å². The van der Waals surface area contributed by atoms with E-state index in [4.69, 9.17) is 12.2 Å². The molecule has 0 aliphatic rings. The van der Waals surface area contributed by atoms with Gasteiger partial charge in [0.25, 0.3) is 0 Å². The summed E-state index contributed by atoms with van der Waals surface area (Å²) in [5.41, 5.74) is 1.71. The van der Waals surface area contributed by atoms with Crippen molar-refractivity contribution in [2.24, 2.45) is 5.92 Å². The van der Waals surface area contributed by atoms with Crippen molar-refractivity contribution in [3.63, 3.8) is 0 Å². The van der Waals surface area contributed by atoms with Gasteiger partial charge in [-0.25, -0.2) is 8.42 Å². The van der Waals surface area contributed by atoms with E-state index in [0.29, 0.717) is 11.3 Å². The second-order valence-electron chi connectivity index (χ2n) is 11.5. The summed E-state index contributed by atoms with van der Waals surface area (Å²) in [4.78, 5) is 26.7. The standard InChI is InChI=1S/C32H40N2O4S2/c1-22-13-17-27(18-14-22)40(37,38)21-26(16-20-30(35)34-32(3,4)5)31(36)33-23(2)29(39)19-15-25-11-8-10-24-9-6-7-12-28(24)25/h6-14,17-18,23,26H,15-16,19-21H2,1-5H3,(H,33,36)(H,34,35)/t23-,26+/m0/s1. The molecule has 0 aromatic heterocycles. The van der Waals surface area contributed by atoms with Crippen molar-refractivity contribution in [1.82, 2.24) is 10.6 Å². The molecule has 0 saturated heterocycles. The Morgan fingerprint density at radius 2 is 1.57 bits per heavy atom. The van der Waals surface area contributed by atoms with Gasteiger partial charge in [0.15, 0.2) is 9.84 Å². The molecular formula is C32H40N2O4S2. The van der Waals surface area contributed by atoms with Gasteiger partial charge in [-0.3, -0.25) is 9.59 Å². The van der Waals surface area contributed by atoms with E-state index in [-0.39, 0.29) is 29.4 Å². The molecule has 0 heterocycles. The molecule has 0 radical (unpaired) electrons.